The monoisotopic (exact) mass is 398 g/mol. The average Bonchev–Trinajstić information content (AvgIpc) is 3.14. The van der Waals surface area contributed by atoms with Crippen LogP contribution >= 0.6 is 11.3 Å². The van der Waals surface area contributed by atoms with Gasteiger partial charge in [0, 0.05) is 18.9 Å². The Morgan fingerprint density at radius 2 is 1.89 bits per heavy atom. The summed E-state index contributed by atoms with van der Waals surface area (Å²) in [5, 5.41) is 15.4. The van der Waals surface area contributed by atoms with Crippen LogP contribution in [-0.4, -0.2) is 37.0 Å². The normalized spacial score (nSPS) is 12.0. The average molecular weight is 399 g/mol. The highest BCUT2D eigenvalue weighted by molar-refractivity contribution is 7.13. The van der Waals surface area contributed by atoms with E-state index in [1.165, 1.54) is 22.5 Å². The molecule has 3 rings (SSSR count). The minimum Gasteiger partial charge on any atom is -0.495 e. The van der Waals surface area contributed by atoms with Crippen molar-refractivity contribution in [1.82, 2.24) is 4.98 Å². The molecular weight excluding hydrogens is 372 g/mol. The Balaban J connectivity index is 1.91. The smallest absolute Gasteiger partial charge is 0.187 e. The minimum absolute atomic E-state index is 0.0254. The summed E-state index contributed by atoms with van der Waals surface area (Å²) < 4.78 is 10.8. The van der Waals surface area contributed by atoms with Gasteiger partial charge in [-0.2, -0.15) is 0 Å². The molecule has 2 N–H and O–H groups in total. The lowest BCUT2D eigenvalue weighted by Gasteiger charge is -2.15. The lowest BCUT2D eigenvalue weighted by Crippen LogP contribution is -2.18. The van der Waals surface area contributed by atoms with E-state index in [2.05, 4.69) is 48.4 Å². The van der Waals surface area contributed by atoms with E-state index in [0.29, 0.717) is 6.42 Å². The molecule has 0 aliphatic rings. The number of benzene rings is 2. The molecule has 1 aromatic heterocycles. The Hall–Kier alpha value is -2.41. The fourth-order valence-electron chi connectivity index (χ4n) is 3.14. The van der Waals surface area contributed by atoms with Crippen LogP contribution in [0, 0.1) is 13.8 Å². The summed E-state index contributed by atoms with van der Waals surface area (Å²) in [6, 6.07) is 12.5. The lowest BCUT2D eigenvalue weighted by atomic mass is 9.96. The molecule has 0 saturated heterocycles. The molecule has 6 heteroatoms. The predicted octanol–water partition coefficient (Wildman–Crippen LogP) is 4.73. The van der Waals surface area contributed by atoms with Gasteiger partial charge in [-0.3, -0.25) is 0 Å². The fourth-order valence-corrected chi connectivity index (χ4v) is 3.88. The van der Waals surface area contributed by atoms with Crippen molar-refractivity contribution in [3.8, 4) is 16.9 Å². The molecule has 1 atom stereocenters. The quantitative estimate of drug-likeness (QED) is 0.574. The van der Waals surface area contributed by atoms with Gasteiger partial charge in [0.2, 0.25) is 0 Å². The van der Waals surface area contributed by atoms with E-state index in [-0.39, 0.29) is 12.7 Å². The molecule has 28 heavy (non-hydrogen) atoms. The molecule has 0 amide bonds. The Labute approximate surface area is 170 Å². The van der Waals surface area contributed by atoms with Gasteiger partial charge in [-0.1, -0.05) is 24.3 Å². The van der Waals surface area contributed by atoms with Gasteiger partial charge in [0.15, 0.2) is 5.13 Å². The van der Waals surface area contributed by atoms with Crippen molar-refractivity contribution in [2.24, 2.45) is 0 Å². The van der Waals surface area contributed by atoms with Gasteiger partial charge in [-0.25, -0.2) is 4.98 Å². The van der Waals surface area contributed by atoms with E-state index < -0.39 is 0 Å². The molecule has 1 unspecified atom stereocenters. The van der Waals surface area contributed by atoms with Crippen molar-refractivity contribution in [3.05, 3.63) is 58.6 Å². The van der Waals surface area contributed by atoms with E-state index in [4.69, 9.17) is 9.47 Å². The zero-order valence-electron chi connectivity index (χ0n) is 16.7. The summed E-state index contributed by atoms with van der Waals surface area (Å²) in [5.41, 5.74) is 6.51. The number of aromatic nitrogens is 1. The summed E-state index contributed by atoms with van der Waals surface area (Å²) in [5.74, 6) is 0.775. The van der Waals surface area contributed by atoms with Crippen LogP contribution in [0.3, 0.4) is 0 Å². The van der Waals surface area contributed by atoms with Gasteiger partial charge in [0.25, 0.3) is 0 Å². The van der Waals surface area contributed by atoms with Crippen LogP contribution in [0.1, 0.15) is 16.8 Å². The van der Waals surface area contributed by atoms with Crippen molar-refractivity contribution in [2.75, 3.05) is 26.1 Å². The number of anilines is 2. The molecule has 2 aromatic carbocycles. The zero-order valence-corrected chi connectivity index (χ0v) is 17.5. The standard InChI is InChI=1S/C22H26N2O3S/c1-14-7-5-6-8-18(14)19-11-20(21(27-4)9-15(19)2)24-22-23-16(13-28-22)10-17(12-25)26-3/h5-9,11,13,17,25H,10,12H2,1-4H3,(H,23,24). The van der Waals surface area contributed by atoms with E-state index in [9.17, 15) is 5.11 Å². The Morgan fingerprint density at radius 1 is 1.11 bits per heavy atom. The summed E-state index contributed by atoms with van der Waals surface area (Å²) in [4.78, 5) is 4.62. The van der Waals surface area contributed by atoms with Crippen molar-refractivity contribution in [1.29, 1.82) is 0 Å². The van der Waals surface area contributed by atoms with E-state index in [1.54, 1.807) is 14.2 Å². The number of aliphatic hydroxyl groups excluding tert-OH is 1. The molecule has 0 saturated carbocycles. The molecule has 0 aliphatic heterocycles. The largest absolute Gasteiger partial charge is 0.495 e. The molecule has 0 fully saturated rings. The van der Waals surface area contributed by atoms with Crippen molar-refractivity contribution in [3.63, 3.8) is 0 Å². The molecule has 1 heterocycles. The van der Waals surface area contributed by atoms with Crippen molar-refractivity contribution in [2.45, 2.75) is 26.4 Å². The van der Waals surface area contributed by atoms with E-state index >= 15 is 0 Å². The van der Waals surface area contributed by atoms with Crippen molar-refractivity contribution < 1.29 is 14.6 Å². The number of hydrogen-bond donors (Lipinski definition) is 2. The first-order valence-corrected chi connectivity index (χ1v) is 10.0. The number of nitrogens with one attached hydrogen (secondary N) is 1. The van der Waals surface area contributed by atoms with E-state index in [1.807, 2.05) is 17.5 Å². The third-order valence-corrected chi connectivity index (χ3v) is 5.56. The molecule has 5 nitrogen and oxygen atoms in total. The summed E-state index contributed by atoms with van der Waals surface area (Å²) in [6.07, 6.45) is 0.335. The summed E-state index contributed by atoms with van der Waals surface area (Å²) in [7, 11) is 3.27. The number of ether oxygens (including phenoxy) is 2. The number of nitrogens with zero attached hydrogens (tertiary/aromatic N) is 1. The Kier molecular flexibility index (Phi) is 6.67. The van der Waals surface area contributed by atoms with Gasteiger partial charge < -0.3 is 19.9 Å². The first-order chi connectivity index (χ1) is 13.5. The van der Waals surface area contributed by atoms with Gasteiger partial charge in [-0.15, -0.1) is 11.3 Å². The Bertz CT molecular complexity index is 935. The maximum Gasteiger partial charge on any atom is 0.187 e. The molecule has 0 radical (unpaired) electrons. The van der Waals surface area contributed by atoms with E-state index in [0.717, 1.165) is 33.4 Å². The lowest BCUT2D eigenvalue weighted by molar-refractivity contribution is 0.0489. The first kappa shape index (κ1) is 20.3. The van der Waals surface area contributed by atoms with Crippen LogP contribution in [0.5, 0.6) is 5.75 Å². The molecular formula is C22H26N2O3S. The van der Waals surface area contributed by atoms with Crippen LogP contribution in [0.15, 0.2) is 41.8 Å². The van der Waals surface area contributed by atoms with Crippen LogP contribution < -0.4 is 10.1 Å². The third-order valence-electron chi connectivity index (χ3n) is 4.75. The molecule has 148 valence electrons. The summed E-state index contributed by atoms with van der Waals surface area (Å²) >= 11 is 1.52. The van der Waals surface area contributed by atoms with Crippen LogP contribution in [0.25, 0.3) is 11.1 Å². The fraction of sp³-hybridized carbons (Fsp3) is 0.318. The number of hydrogen-bond acceptors (Lipinski definition) is 6. The maximum absolute atomic E-state index is 9.30. The summed E-state index contributed by atoms with van der Waals surface area (Å²) in [6.45, 7) is 4.18. The maximum atomic E-state index is 9.30. The Morgan fingerprint density at radius 3 is 2.57 bits per heavy atom. The SMILES string of the molecule is COc1cc(C)c(-c2ccccc2C)cc1Nc1nc(CC(CO)OC)cs1. The molecule has 0 aliphatic carbocycles. The predicted molar refractivity (Wildman–Crippen MR) is 115 cm³/mol. The number of methoxy groups -OCH3 is 2. The topological polar surface area (TPSA) is 63.6 Å². The second-order valence-corrected chi connectivity index (χ2v) is 7.55. The first-order valence-electron chi connectivity index (χ1n) is 9.15. The highest BCUT2D eigenvalue weighted by atomic mass is 32.1. The van der Waals surface area contributed by atoms with Gasteiger partial charge in [0.1, 0.15) is 5.75 Å². The number of aryl methyl sites for hydroxylation is 2. The third kappa shape index (κ3) is 4.52. The number of rotatable bonds is 8. The van der Waals surface area contributed by atoms with Gasteiger partial charge in [-0.05, 0) is 48.2 Å². The van der Waals surface area contributed by atoms with Crippen LogP contribution in [0.4, 0.5) is 10.8 Å². The molecule has 0 spiro atoms. The number of aliphatic hydroxyl groups is 1. The zero-order chi connectivity index (χ0) is 20.1. The van der Waals surface area contributed by atoms with Crippen molar-refractivity contribution >= 4 is 22.2 Å². The number of thiazole rings is 1. The minimum atomic E-state index is -0.239. The molecule has 0 bridgehead atoms. The second kappa shape index (κ2) is 9.19. The van der Waals surface area contributed by atoms with Crippen LogP contribution in [-0.2, 0) is 11.2 Å². The van der Waals surface area contributed by atoms with Gasteiger partial charge >= 0.3 is 0 Å². The highest BCUT2D eigenvalue weighted by Crippen LogP contribution is 2.37. The van der Waals surface area contributed by atoms with Crippen LogP contribution in [0.2, 0.25) is 0 Å². The van der Waals surface area contributed by atoms with Gasteiger partial charge in [0.05, 0.1) is 31.2 Å². The second-order valence-electron chi connectivity index (χ2n) is 6.70. The molecule has 3 aromatic rings. The highest BCUT2D eigenvalue weighted by Gasteiger charge is 2.14.